The Morgan fingerprint density at radius 1 is 1.48 bits per heavy atom. The molecule has 2 heterocycles. The number of aromatic nitrogens is 2. The second-order valence-corrected chi connectivity index (χ2v) is 7.37. The van der Waals surface area contributed by atoms with Crippen LogP contribution in [0.1, 0.15) is 19.1 Å². The lowest BCUT2D eigenvalue weighted by Crippen LogP contribution is -2.28. The van der Waals surface area contributed by atoms with Crippen LogP contribution >= 0.6 is 15.6 Å². The fourth-order valence-electron chi connectivity index (χ4n) is 1.98. The maximum atomic E-state index is 11.7. The van der Waals surface area contributed by atoms with Crippen molar-refractivity contribution in [2.45, 2.75) is 25.2 Å². The summed E-state index contributed by atoms with van der Waals surface area (Å²) in [7, 11) is -10.7. The number of ether oxygens (including phenoxy) is 1. The van der Waals surface area contributed by atoms with Crippen molar-refractivity contribution in [2.75, 3.05) is 12.3 Å². The fraction of sp³-hybridized carbons (Fsp3) is 0.556. The highest BCUT2D eigenvalue weighted by molar-refractivity contribution is 7.59. The molecule has 1 aliphatic heterocycles. The molecule has 130 valence electrons. The smallest absolute Gasteiger partial charge is 0.351 e. The minimum Gasteiger partial charge on any atom is -0.756 e. The molecule has 1 aliphatic rings. The van der Waals surface area contributed by atoms with E-state index in [1.165, 1.54) is 16.8 Å². The van der Waals surface area contributed by atoms with E-state index < -0.39 is 40.3 Å². The van der Waals surface area contributed by atoms with Gasteiger partial charge in [0.2, 0.25) is 0 Å². The average Bonchev–Trinajstić information content (AvgIpc) is 2.82. The molecule has 2 rings (SSSR count). The number of nitrogens with two attached hydrogens (primary N) is 1. The maximum absolute atomic E-state index is 11.7. The van der Waals surface area contributed by atoms with E-state index in [4.69, 9.17) is 15.4 Å². The van der Waals surface area contributed by atoms with Gasteiger partial charge < -0.3 is 29.7 Å². The first-order valence-electron chi connectivity index (χ1n) is 6.26. The van der Waals surface area contributed by atoms with Gasteiger partial charge in [-0.05, 0) is 18.9 Å². The third kappa shape index (κ3) is 5.48. The van der Waals surface area contributed by atoms with Gasteiger partial charge in [0.05, 0.1) is 12.7 Å². The van der Waals surface area contributed by atoms with E-state index in [0.717, 1.165) is 0 Å². The van der Waals surface area contributed by atoms with E-state index in [0.29, 0.717) is 12.8 Å². The highest BCUT2D eigenvalue weighted by atomic mass is 31.3. The van der Waals surface area contributed by atoms with E-state index in [1.54, 1.807) is 0 Å². The molecule has 3 N–H and O–H groups in total. The predicted octanol–water partition coefficient (Wildman–Crippen LogP) is -1.53. The van der Waals surface area contributed by atoms with Gasteiger partial charge in [0, 0.05) is 6.20 Å². The first-order chi connectivity index (χ1) is 10.6. The number of hydrogen-bond acceptors (Lipinski definition) is 10. The first kappa shape index (κ1) is 18.2. The van der Waals surface area contributed by atoms with Crippen molar-refractivity contribution in [3.8, 4) is 0 Å². The minimum atomic E-state index is -5.48. The third-order valence-electron chi connectivity index (χ3n) is 2.87. The maximum Gasteiger partial charge on any atom is 0.351 e. The van der Waals surface area contributed by atoms with Crippen molar-refractivity contribution in [2.24, 2.45) is 0 Å². The Balaban J connectivity index is 1.92. The Bertz CT molecular complexity index is 716. The van der Waals surface area contributed by atoms with Crippen LogP contribution in [0.4, 0.5) is 5.82 Å². The van der Waals surface area contributed by atoms with Gasteiger partial charge in [0.1, 0.15) is 12.0 Å². The van der Waals surface area contributed by atoms with Gasteiger partial charge in [-0.3, -0.25) is 13.7 Å². The molecule has 0 aliphatic carbocycles. The number of hydrogen-bond donors (Lipinski definition) is 2. The Hall–Kier alpha value is -1.10. The molecule has 12 nitrogen and oxygen atoms in total. The Morgan fingerprint density at radius 2 is 2.17 bits per heavy atom. The Kier molecular flexibility index (Phi) is 5.39. The van der Waals surface area contributed by atoms with Gasteiger partial charge in [-0.25, -0.2) is 9.11 Å². The summed E-state index contributed by atoms with van der Waals surface area (Å²) < 4.78 is 35.9. The quantitative estimate of drug-likeness (QED) is 0.553. The molecular formula is C9H13N3O9P2-2. The number of anilines is 1. The molecular weight excluding hydrogens is 356 g/mol. The van der Waals surface area contributed by atoms with Crippen LogP contribution in [0.15, 0.2) is 17.1 Å². The van der Waals surface area contributed by atoms with Crippen LogP contribution < -0.4 is 21.2 Å². The Labute approximate surface area is 129 Å². The molecule has 0 amide bonds. The van der Waals surface area contributed by atoms with Gasteiger partial charge in [-0.15, -0.1) is 0 Å². The SMILES string of the molecule is Nc1ccn([C@H]2CC[C@@H](COP(=O)([O-])OP(=O)([O-])O)O2)c(=O)n1. The molecule has 1 fully saturated rings. The van der Waals surface area contributed by atoms with E-state index in [-0.39, 0.29) is 5.82 Å². The average molecular weight is 369 g/mol. The highest BCUT2D eigenvalue weighted by Crippen LogP contribution is 2.52. The summed E-state index contributed by atoms with van der Waals surface area (Å²) in [5.41, 5.74) is 4.74. The summed E-state index contributed by atoms with van der Waals surface area (Å²) in [6.07, 6.45) is 0.707. The van der Waals surface area contributed by atoms with Crippen molar-refractivity contribution in [1.82, 2.24) is 9.55 Å². The number of phosphoric ester groups is 1. The second-order valence-electron chi connectivity index (χ2n) is 4.63. The van der Waals surface area contributed by atoms with Gasteiger partial charge in [-0.1, -0.05) is 0 Å². The molecule has 0 aromatic carbocycles. The molecule has 0 radical (unpaired) electrons. The van der Waals surface area contributed by atoms with Crippen molar-refractivity contribution in [3.63, 3.8) is 0 Å². The zero-order valence-electron chi connectivity index (χ0n) is 11.5. The fourth-order valence-corrected chi connectivity index (χ4v) is 3.53. The van der Waals surface area contributed by atoms with E-state index >= 15 is 0 Å². The van der Waals surface area contributed by atoms with Crippen LogP contribution in [0.5, 0.6) is 0 Å². The van der Waals surface area contributed by atoms with E-state index in [9.17, 15) is 23.7 Å². The standard InChI is InChI=1S/C9H15N3O9P2/c10-7-3-4-12(9(13)11-7)8-2-1-6(20-8)5-19-23(17,18)21-22(14,15)16/h3-4,6,8H,1-2,5H2,(H,17,18)(H2,10,11,13)(H2,14,15,16)/p-2/t6-,8+/m0/s1. The summed E-state index contributed by atoms with van der Waals surface area (Å²) in [5.74, 6) is 0.0552. The van der Waals surface area contributed by atoms with Crippen LogP contribution in [0.25, 0.3) is 0 Å². The number of nitrogen functional groups attached to an aromatic ring is 1. The molecule has 0 saturated carbocycles. The van der Waals surface area contributed by atoms with Crippen LogP contribution in [-0.4, -0.2) is 27.2 Å². The van der Waals surface area contributed by atoms with E-state index in [2.05, 4.69) is 13.8 Å². The van der Waals surface area contributed by atoms with Crippen LogP contribution in [0.3, 0.4) is 0 Å². The largest absolute Gasteiger partial charge is 0.756 e. The summed E-state index contributed by atoms with van der Waals surface area (Å²) >= 11 is 0. The van der Waals surface area contributed by atoms with Crippen LogP contribution in [-0.2, 0) is 22.7 Å². The number of rotatable bonds is 6. The number of nitrogens with zero attached hydrogens (tertiary/aromatic N) is 2. The molecule has 1 aromatic rings. The third-order valence-corrected chi connectivity index (χ3v) is 4.96. The normalized spacial score (nSPS) is 26.6. The highest BCUT2D eigenvalue weighted by Gasteiger charge is 2.29. The van der Waals surface area contributed by atoms with Gasteiger partial charge in [-0.2, -0.15) is 4.98 Å². The Morgan fingerprint density at radius 3 is 2.78 bits per heavy atom. The van der Waals surface area contributed by atoms with Gasteiger partial charge in [0.25, 0.3) is 15.6 Å². The molecule has 14 heteroatoms. The molecule has 23 heavy (non-hydrogen) atoms. The summed E-state index contributed by atoms with van der Waals surface area (Å²) in [5, 5.41) is 0. The van der Waals surface area contributed by atoms with Crippen LogP contribution in [0, 0.1) is 0 Å². The lowest BCUT2D eigenvalue weighted by Gasteiger charge is -2.28. The lowest BCUT2D eigenvalue weighted by molar-refractivity contribution is -0.242. The second kappa shape index (κ2) is 6.80. The summed E-state index contributed by atoms with van der Waals surface area (Å²) in [6, 6.07) is 1.40. The molecule has 4 atom stereocenters. The van der Waals surface area contributed by atoms with Crippen molar-refractivity contribution >= 4 is 21.5 Å². The van der Waals surface area contributed by atoms with Crippen LogP contribution in [0.2, 0.25) is 0 Å². The first-order valence-corrected chi connectivity index (χ1v) is 9.22. The zero-order chi connectivity index (χ0) is 17.3. The lowest BCUT2D eigenvalue weighted by atomic mass is 10.2. The van der Waals surface area contributed by atoms with Gasteiger partial charge in [0.15, 0.2) is 0 Å². The topological polar surface area (TPSA) is 189 Å². The van der Waals surface area contributed by atoms with Crippen molar-refractivity contribution in [1.29, 1.82) is 0 Å². The van der Waals surface area contributed by atoms with Crippen molar-refractivity contribution < 1.29 is 37.4 Å². The zero-order valence-corrected chi connectivity index (χ0v) is 13.3. The number of phosphoric acid groups is 2. The van der Waals surface area contributed by atoms with E-state index in [1.807, 2.05) is 0 Å². The minimum absolute atomic E-state index is 0.0552. The summed E-state index contributed by atoms with van der Waals surface area (Å²) in [6.45, 7) is -0.533. The summed E-state index contributed by atoms with van der Waals surface area (Å²) in [4.78, 5) is 45.1. The predicted molar refractivity (Wildman–Crippen MR) is 70.5 cm³/mol. The van der Waals surface area contributed by atoms with Crippen molar-refractivity contribution in [3.05, 3.63) is 22.7 Å². The molecule has 0 spiro atoms. The molecule has 1 aromatic heterocycles. The van der Waals surface area contributed by atoms with Gasteiger partial charge >= 0.3 is 5.69 Å². The molecule has 2 unspecified atom stereocenters. The molecule has 0 bridgehead atoms. The molecule has 1 saturated heterocycles. The monoisotopic (exact) mass is 369 g/mol.